The number of hydrogen-bond donors (Lipinski definition) is 1. The van der Waals surface area contributed by atoms with Crippen LogP contribution in [0.2, 0.25) is 0 Å². The van der Waals surface area contributed by atoms with Crippen LogP contribution in [0.1, 0.15) is 38.1 Å². The van der Waals surface area contributed by atoms with Crippen LogP contribution in [0.5, 0.6) is 0 Å². The van der Waals surface area contributed by atoms with E-state index in [0.717, 1.165) is 25.4 Å². The molecule has 0 bridgehead atoms. The van der Waals surface area contributed by atoms with Gasteiger partial charge in [0.25, 0.3) is 0 Å². The van der Waals surface area contributed by atoms with Gasteiger partial charge >= 0.3 is 0 Å². The summed E-state index contributed by atoms with van der Waals surface area (Å²) < 4.78 is 8.14. The monoisotopic (exact) mass is 281 g/mol. The molecule has 1 aromatic heterocycles. The molecule has 0 saturated carbocycles. The standard InChI is InChI=1S/C14H23N3OS/c1-2-17-7-6-15-14(17)13-12(5-8-18-13)16-11-4-3-9-19-10-11/h6-7,11-13,16H,2-5,8-10H2,1H3/t11-,12+,13+/m1/s1. The van der Waals surface area contributed by atoms with Crippen molar-refractivity contribution in [3.8, 4) is 0 Å². The quantitative estimate of drug-likeness (QED) is 0.918. The van der Waals surface area contributed by atoms with E-state index in [-0.39, 0.29) is 6.10 Å². The number of nitrogens with one attached hydrogen (secondary N) is 1. The van der Waals surface area contributed by atoms with E-state index >= 15 is 0 Å². The third-order valence-corrected chi connectivity index (χ3v) is 5.26. The number of thioether (sulfide) groups is 1. The first kappa shape index (κ1) is 13.5. The molecule has 2 aliphatic heterocycles. The molecule has 5 heteroatoms. The van der Waals surface area contributed by atoms with Gasteiger partial charge in [-0.05, 0) is 31.9 Å². The van der Waals surface area contributed by atoms with Crippen LogP contribution in [0.3, 0.4) is 0 Å². The Morgan fingerprint density at radius 1 is 1.53 bits per heavy atom. The molecule has 106 valence electrons. The van der Waals surface area contributed by atoms with Gasteiger partial charge in [0, 0.05) is 43.4 Å². The lowest BCUT2D eigenvalue weighted by Crippen LogP contribution is -2.43. The van der Waals surface area contributed by atoms with Gasteiger partial charge in [-0.25, -0.2) is 4.98 Å². The summed E-state index contributed by atoms with van der Waals surface area (Å²) in [4.78, 5) is 4.51. The molecule has 2 saturated heterocycles. The third kappa shape index (κ3) is 2.98. The van der Waals surface area contributed by atoms with E-state index in [4.69, 9.17) is 4.74 Å². The van der Waals surface area contributed by atoms with Gasteiger partial charge in [0.05, 0.1) is 0 Å². The average molecular weight is 281 g/mol. The molecule has 0 spiro atoms. The minimum absolute atomic E-state index is 0.127. The third-order valence-electron chi connectivity index (χ3n) is 4.04. The first-order valence-electron chi connectivity index (χ1n) is 7.35. The number of hydrogen-bond acceptors (Lipinski definition) is 4. The number of ether oxygens (including phenoxy) is 1. The SMILES string of the molecule is CCn1ccnc1[C@H]1OCC[C@@H]1N[C@@H]1CCCSC1. The lowest BCUT2D eigenvalue weighted by atomic mass is 10.1. The number of aryl methyl sites for hydroxylation is 1. The first-order chi connectivity index (χ1) is 9.38. The molecule has 1 aromatic rings. The second-order valence-electron chi connectivity index (χ2n) is 5.34. The average Bonchev–Trinajstić information content (AvgIpc) is 3.07. The Bertz CT molecular complexity index is 403. The number of aromatic nitrogens is 2. The molecule has 19 heavy (non-hydrogen) atoms. The van der Waals surface area contributed by atoms with Crippen molar-refractivity contribution >= 4 is 11.8 Å². The van der Waals surface area contributed by atoms with Gasteiger partial charge in [-0.1, -0.05) is 0 Å². The van der Waals surface area contributed by atoms with Crippen molar-refractivity contribution in [3.05, 3.63) is 18.2 Å². The van der Waals surface area contributed by atoms with E-state index < -0.39 is 0 Å². The normalized spacial score (nSPS) is 31.7. The Kier molecular flexibility index (Phi) is 4.45. The van der Waals surface area contributed by atoms with Crippen LogP contribution in [-0.4, -0.2) is 39.7 Å². The summed E-state index contributed by atoms with van der Waals surface area (Å²) in [5.41, 5.74) is 0. The molecular formula is C14H23N3OS. The van der Waals surface area contributed by atoms with Crippen molar-refractivity contribution in [1.29, 1.82) is 0 Å². The van der Waals surface area contributed by atoms with E-state index in [1.807, 2.05) is 12.4 Å². The Labute approximate surface area is 119 Å². The molecule has 0 radical (unpaired) electrons. The lowest BCUT2D eigenvalue weighted by Gasteiger charge is -2.28. The second kappa shape index (κ2) is 6.29. The molecule has 0 aliphatic carbocycles. The highest BCUT2D eigenvalue weighted by Crippen LogP contribution is 2.29. The van der Waals surface area contributed by atoms with Gasteiger partial charge in [0.1, 0.15) is 11.9 Å². The molecule has 3 rings (SSSR count). The van der Waals surface area contributed by atoms with E-state index in [9.17, 15) is 0 Å². The predicted octanol–water partition coefficient (Wildman–Crippen LogP) is 2.22. The smallest absolute Gasteiger partial charge is 0.139 e. The largest absolute Gasteiger partial charge is 0.369 e. The number of imidazole rings is 1. The Hall–Kier alpha value is -0.520. The van der Waals surface area contributed by atoms with Gasteiger partial charge < -0.3 is 14.6 Å². The van der Waals surface area contributed by atoms with Crippen molar-refractivity contribution in [3.63, 3.8) is 0 Å². The summed E-state index contributed by atoms with van der Waals surface area (Å²) in [5, 5.41) is 3.81. The van der Waals surface area contributed by atoms with Crippen molar-refractivity contribution in [2.75, 3.05) is 18.1 Å². The van der Waals surface area contributed by atoms with Crippen molar-refractivity contribution in [2.24, 2.45) is 0 Å². The van der Waals surface area contributed by atoms with Crippen molar-refractivity contribution < 1.29 is 4.74 Å². The van der Waals surface area contributed by atoms with E-state index in [0.29, 0.717) is 12.1 Å². The molecule has 1 N–H and O–H groups in total. The fourth-order valence-electron chi connectivity index (χ4n) is 3.03. The maximum absolute atomic E-state index is 5.94. The van der Waals surface area contributed by atoms with E-state index in [2.05, 4.69) is 33.6 Å². The Balaban J connectivity index is 1.67. The van der Waals surface area contributed by atoms with Crippen LogP contribution in [0.25, 0.3) is 0 Å². The molecule has 3 heterocycles. The Morgan fingerprint density at radius 2 is 2.47 bits per heavy atom. The molecular weight excluding hydrogens is 258 g/mol. The minimum Gasteiger partial charge on any atom is -0.369 e. The topological polar surface area (TPSA) is 39.1 Å². The summed E-state index contributed by atoms with van der Waals surface area (Å²) in [6.45, 7) is 3.96. The number of rotatable bonds is 4. The summed E-state index contributed by atoms with van der Waals surface area (Å²) in [6.07, 6.45) is 7.80. The minimum atomic E-state index is 0.127. The Morgan fingerprint density at radius 3 is 3.26 bits per heavy atom. The van der Waals surface area contributed by atoms with Gasteiger partial charge in [-0.3, -0.25) is 0 Å². The van der Waals surface area contributed by atoms with Crippen molar-refractivity contribution in [2.45, 2.75) is 50.9 Å². The second-order valence-corrected chi connectivity index (χ2v) is 6.49. The maximum atomic E-state index is 5.94. The zero-order valence-electron chi connectivity index (χ0n) is 11.5. The van der Waals surface area contributed by atoms with E-state index in [1.165, 1.54) is 24.3 Å². The van der Waals surface area contributed by atoms with Crippen LogP contribution in [0.4, 0.5) is 0 Å². The predicted molar refractivity (Wildman–Crippen MR) is 78.5 cm³/mol. The van der Waals surface area contributed by atoms with Gasteiger partial charge in [-0.15, -0.1) is 0 Å². The zero-order valence-corrected chi connectivity index (χ0v) is 12.4. The molecule has 2 aliphatic rings. The van der Waals surface area contributed by atoms with Crippen molar-refractivity contribution in [1.82, 2.24) is 14.9 Å². The van der Waals surface area contributed by atoms with E-state index in [1.54, 1.807) is 0 Å². The molecule has 4 nitrogen and oxygen atoms in total. The van der Waals surface area contributed by atoms with Crippen LogP contribution in [0, 0.1) is 0 Å². The summed E-state index contributed by atoms with van der Waals surface area (Å²) in [5.74, 6) is 3.65. The lowest BCUT2D eigenvalue weighted by molar-refractivity contribution is 0.0867. The highest BCUT2D eigenvalue weighted by atomic mass is 32.2. The van der Waals surface area contributed by atoms with Gasteiger partial charge in [0.15, 0.2) is 0 Å². The molecule has 2 fully saturated rings. The number of nitrogens with zero attached hydrogens (tertiary/aromatic N) is 2. The van der Waals surface area contributed by atoms with Crippen LogP contribution >= 0.6 is 11.8 Å². The molecule has 0 amide bonds. The highest BCUT2D eigenvalue weighted by Gasteiger charge is 2.34. The zero-order chi connectivity index (χ0) is 13.1. The van der Waals surface area contributed by atoms with Crippen LogP contribution in [-0.2, 0) is 11.3 Å². The van der Waals surface area contributed by atoms with Gasteiger partial charge in [-0.2, -0.15) is 11.8 Å². The molecule has 3 atom stereocenters. The maximum Gasteiger partial charge on any atom is 0.139 e. The first-order valence-corrected chi connectivity index (χ1v) is 8.50. The molecule has 0 unspecified atom stereocenters. The van der Waals surface area contributed by atoms with Gasteiger partial charge in [0.2, 0.25) is 0 Å². The van der Waals surface area contributed by atoms with Crippen LogP contribution < -0.4 is 5.32 Å². The summed E-state index contributed by atoms with van der Waals surface area (Å²) >= 11 is 2.07. The highest BCUT2D eigenvalue weighted by molar-refractivity contribution is 7.99. The summed E-state index contributed by atoms with van der Waals surface area (Å²) in [6, 6.07) is 1.08. The summed E-state index contributed by atoms with van der Waals surface area (Å²) in [7, 11) is 0. The fraction of sp³-hybridized carbons (Fsp3) is 0.786. The fourth-order valence-corrected chi connectivity index (χ4v) is 4.12. The van der Waals surface area contributed by atoms with Crippen LogP contribution in [0.15, 0.2) is 12.4 Å². The molecule has 0 aromatic carbocycles.